The molecule has 0 spiro atoms. The number of phenols is 1. The summed E-state index contributed by atoms with van der Waals surface area (Å²) in [5.41, 5.74) is 0.588. The largest absolute Gasteiger partial charge is 0.504 e. The van der Waals surface area contributed by atoms with Crippen LogP contribution in [0.2, 0.25) is 0 Å². The molecule has 3 N–H and O–H groups in total. The Hall–Kier alpha value is -1.91. The van der Waals surface area contributed by atoms with Crippen molar-refractivity contribution in [3.8, 4) is 11.5 Å². The summed E-state index contributed by atoms with van der Waals surface area (Å²) < 4.78 is 4.99. The first-order valence-electron chi connectivity index (χ1n) is 7.59. The fourth-order valence-corrected chi connectivity index (χ4v) is 2.04. The fourth-order valence-electron chi connectivity index (χ4n) is 2.04. The van der Waals surface area contributed by atoms with Crippen LogP contribution in [0, 0.1) is 0 Å². The topological polar surface area (TPSA) is 70.6 Å². The van der Waals surface area contributed by atoms with Gasteiger partial charge in [0.05, 0.1) is 7.11 Å². The van der Waals surface area contributed by atoms with E-state index < -0.39 is 0 Å². The number of ether oxygens (including phenoxy) is 1. The molecule has 0 aliphatic carbocycles. The Labute approximate surface area is 126 Å². The lowest BCUT2D eigenvalue weighted by Crippen LogP contribution is -2.29. The minimum Gasteiger partial charge on any atom is -0.504 e. The molecule has 118 valence electrons. The summed E-state index contributed by atoms with van der Waals surface area (Å²) in [6, 6.07) is 4.46. The molecule has 0 radical (unpaired) electrons. The van der Waals surface area contributed by atoms with E-state index in [1.54, 1.807) is 12.1 Å². The average Bonchev–Trinajstić information content (AvgIpc) is 2.48. The molecule has 0 aliphatic heterocycles. The Bertz CT molecular complexity index is 436. The van der Waals surface area contributed by atoms with Gasteiger partial charge in [0.25, 0.3) is 0 Å². The maximum atomic E-state index is 11.7. The summed E-state index contributed by atoms with van der Waals surface area (Å²) in [6.07, 6.45) is 7.18. The second kappa shape index (κ2) is 9.91. The number of urea groups is 1. The van der Waals surface area contributed by atoms with Gasteiger partial charge in [0.2, 0.25) is 0 Å². The molecule has 1 aromatic rings. The number of rotatable bonds is 9. The standard InChI is InChI=1S/C16H26N2O3/c1-3-4-5-6-7-8-11-17-16(20)18-13-9-10-14(19)15(12-13)21-2/h9-10,12,19H,3-8,11H2,1-2H3,(H2,17,18,20). The molecule has 5 nitrogen and oxygen atoms in total. The molecule has 0 aromatic heterocycles. The Morgan fingerprint density at radius 3 is 2.62 bits per heavy atom. The summed E-state index contributed by atoms with van der Waals surface area (Å²) >= 11 is 0. The van der Waals surface area contributed by atoms with Crippen LogP contribution in [-0.2, 0) is 0 Å². The van der Waals surface area contributed by atoms with Gasteiger partial charge in [-0.05, 0) is 18.6 Å². The van der Waals surface area contributed by atoms with E-state index in [0.717, 1.165) is 12.8 Å². The van der Waals surface area contributed by atoms with Gasteiger partial charge in [-0.15, -0.1) is 0 Å². The van der Waals surface area contributed by atoms with E-state index in [1.165, 1.54) is 38.9 Å². The number of benzene rings is 1. The fraction of sp³-hybridized carbons (Fsp3) is 0.562. The number of nitrogens with one attached hydrogen (secondary N) is 2. The maximum absolute atomic E-state index is 11.7. The summed E-state index contributed by atoms with van der Waals surface area (Å²) in [7, 11) is 1.47. The van der Waals surface area contributed by atoms with Crippen LogP contribution in [0.4, 0.5) is 10.5 Å². The van der Waals surface area contributed by atoms with Crippen molar-refractivity contribution in [2.45, 2.75) is 45.4 Å². The molecule has 0 saturated heterocycles. The zero-order valence-electron chi connectivity index (χ0n) is 12.9. The number of hydrogen-bond acceptors (Lipinski definition) is 3. The first-order chi connectivity index (χ1) is 10.2. The van der Waals surface area contributed by atoms with Crippen LogP contribution < -0.4 is 15.4 Å². The molecular formula is C16H26N2O3. The van der Waals surface area contributed by atoms with Gasteiger partial charge in [-0.1, -0.05) is 39.0 Å². The van der Waals surface area contributed by atoms with Gasteiger partial charge in [0.15, 0.2) is 11.5 Å². The van der Waals surface area contributed by atoms with E-state index in [0.29, 0.717) is 18.0 Å². The molecule has 0 aliphatic rings. The van der Waals surface area contributed by atoms with Crippen molar-refractivity contribution in [1.29, 1.82) is 0 Å². The molecule has 0 atom stereocenters. The summed E-state index contributed by atoms with van der Waals surface area (Å²) in [6.45, 7) is 2.87. The highest BCUT2D eigenvalue weighted by Gasteiger charge is 2.05. The Balaban J connectivity index is 2.21. The van der Waals surface area contributed by atoms with E-state index >= 15 is 0 Å². The Kier molecular flexibility index (Phi) is 8.09. The molecule has 21 heavy (non-hydrogen) atoms. The second-order valence-electron chi connectivity index (χ2n) is 5.04. The molecule has 1 aromatic carbocycles. The average molecular weight is 294 g/mol. The third-order valence-corrected chi connectivity index (χ3v) is 3.25. The van der Waals surface area contributed by atoms with Gasteiger partial charge in [-0.2, -0.15) is 0 Å². The summed E-state index contributed by atoms with van der Waals surface area (Å²) in [5.74, 6) is 0.388. The molecule has 0 heterocycles. The number of unbranched alkanes of at least 4 members (excludes halogenated alkanes) is 5. The van der Waals surface area contributed by atoms with Crippen molar-refractivity contribution in [1.82, 2.24) is 5.32 Å². The highest BCUT2D eigenvalue weighted by Crippen LogP contribution is 2.28. The highest BCUT2D eigenvalue weighted by molar-refractivity contribution is 5.89. The van der Waals surface area contributed by atoms with E-state index in [-0.39, 0.29) is 11.8 Å². The van der Waals surface area contributed by atoms with Crippen LogP contribution in [0.3, 0.4) is 0 Å². The Morgan fingerprint density at radius 2 is 1.90 bits per heavy atom. The van der Waals surface area contributed by atoms with Crippen LogP contribution in [-0.4, -0.2) is 24.8 Å². The SMILES string of the molecule is CCCCCCCCNC(=O)Nc1ccc(O)c(OC)c1. The minimum atomic E-state index is -0.240. The van der Waals surface area contributed by atoms with Crippen LogP contribution in [0.1, 0.15) is 45.4 Å². The van der Waals surface area contributed by atoms with Crippen LogP contribution >= 0.6 is 0 Å². The van der Waals surface area contributed by atoms with Crippen molar-refractivity contribution >= 4 is 11.7 Å². The zero-order valence-corrected chi connectivity index (χ0v) is 12.9. The quantitative estimate of drug-likeness (QED) is 0.478. The predicted molar refractivity (Wildman–Crippen MR) is 85.1 cm³/mol. The number of amides is 2. The van der Waals surface area contributed by atoms with E-state index in [4.69, 9.17) is 4.74 Å². The van der Waals surface area contributed by atoms with Gasteiger partial charge in [0.1, 0.15) is 0 Å². The van der Waals surface area contributed by atoms with Crippen molar-refractivity contribution in [2.24, 2.45) is 0 Å². The monoisotopic (exact) mass is 294 g/mol. The van der Waals surface area contributed by atoms with E-state index in [1.807, 2.05) is 0 Å². The van der Waals surface area contributed by atoms with E-state index in [2.05, 4.69) is 17.6 Å². The number of aromatic hydroxyl groups is 1. The van der Waals surface area contributed by atoms with Crippen molar-refractivity contribution < 1.29 is 14.6 Å². The molecule has 2 amide bonds. The normalized spacial score (nSPS) is 10.2. The molecule has 0 fully saturated rings. The summed E-state index contributed by atoms with van der Waals surface area (Å²) in [4.78, 5) is 11.7. The van der Waals surface area contributed by atoms with Gasteiger partial charge >= 0.3 is 6.03 Å². The lowest BCUT2D eigenvalue weighted by Gasteiger charge is -2.09. The number of carbonyl (C=O) groups is 1. The third-order valence-electron chi connectivity index (χ3n) is 3.25. The Morgan fingerprint density at radius 1 is 1.19 bits per heavy atom. The van der Waals surface area contributed by atoms with Crippen molar-refractivity contribution in [3.05, 3.63) is 18.2 Å². The molecule has 1 rings (SSSR count). The van der Waals surface area contributed by atoms with E-state index in [9.17, 15) is 9.90 Å². The van der Waals surface area contributed by atoms with Gasteiger partial charge < -0.3 is 20.5 Å². The third kappa shape index (κ3) is 6.88. The highest BCUT2D eigenvalue weighted by atomic mass is 16.5. The minimum absolute atomic E-state index is 0.0514. The number of methoxy groups -OCH3 is 1. The van der Waals surface area contributed by atoms with Gasteiger partial charge in [-0.25, -0.2) is 4.79 Å². The first kappa shape index (κ1) is 17.1. The molecule has 0 saturated carbocycles. The molecular weight excluding hydrogens is 268 g/mol. The van der Waals surface area contributed by atoms with Gasteiger partial charge in [0, 0.05) is 18.3 Å². The second-order valence-corrected chi connectivity index (χ2v) is 5.04. The van der Waals surface area contributed by atoms with Crippen molar-refractivity contribution in [3.63, 3.8) is 0 Å². The number of carbonyl (C=O) groups excluding carboxylic acids is 1. The number of phenolic OH excluding ortho intramolecular Hbond substituents is 1. The lowest BCUT2D eigenvalue weighted by molar-refractivity contribution is 0.252. The maximum Gasteiger partial charge on any atom is 0.319 e. The summed E-state index contributed by atoms with van der Waals surface area (Å²) in [5, 5.41) is 15.0. The molecule has 5 heteroatoms. The molecule has 0 unspecified atom stereocenters. The lowest BCUT2D eigenvalue weighted by atomic mass is 10.1. The zero-order chi connectivity index (χ0) is 15.5. The number of hydrogen-bond donors (Lipinski definition) is 3. The van der Waals surface area contributed by atoms with Gasteiger partial charge in [-0.3, -0.25) is 0 Å². The number of anilines is 1. The molecule has 0 bridgehead atoms. The first-order valence-corrected chi connectivity index (χ1v) is 7.59. The van der Waals surface area contributed by atoms with Crippen LogP contribution in [0.5, 0.6) is 11.5 Å². The predicted octanol–water partition coefficient (Wildman–Crippen LogP) is 3.88. The van der Waals surface area contributed by atoms with Crippen LogP contribution in [0.25, 0.3) is 0 Å². The van der Waals surface area contributed by atoms with Crippen molar-refractivity contribution in [2.75, 3.05) is 19.0 Å². The smallest absolute Gasteiger partial charge is 0.319 e. The van der Waals surface area contributed by atoms with Crippen LogP contribution in [0.15, 0.2) is 18.2 Å².